The number of rotatable bonds is 8. The maximum Gasteiger partial charge on any atom is 0.303 e. The normalized spacial score (nSPS) is 11.7. The molecular weight excluding hydrogens is 278 g/mol. The van der Waals surface area contributed by atoms with E-state index in [1.165, 1.54) is 8.61 Å². The molecule has 0 spiro atoms. The zero-order valence-corrected chi connectivity index (χ0v) is 13.3. The third kappa shape index (κ3) is 4.09. The molecule has 0 aliphatic heterocycles. The zero-order valence-electron chi connectivity index (χ0n) is 12.5. The Hall–Kier alpha value is -1.31. The van der Waals surface area contributed by atoms with E-state index in [2.05, 4.69) is 5.32 Å². The Balaban J connectivity index is 2.84. The van der Waals surface area contributed by atoms with Crippen molar-refractivity contribution in [2.45, 2.75) is 6.42 Å². The average Bonchev–Trinajstić information content (AvgIpc) is 2.46. The van der Waals surface area contributed by atoms with Crippen molar-refractivity contribution in [3.8, 4) is 5.75 Å². The molecule has 0 amide bonds. The number of ether oxygens (including phenoxy) is 1. The van der Waals surface area contributed by atoms with E-state index in [9.17, 15) is 8.42 Å². The molecule has 1 aromatic rings. The fourth-order valence-corrected chi connectivity index (χ4v) is 2.90. The quantitative estimate of drug-likeness (QED) is 0.725. The Labute approximate surface area is 121 Å². The van der Waals surface area contributed by atoms with Gasteiger partial charge in [-0.25, -0.2) is 0 Å². The zero-order chi connectivity index (χ0) is 15.2. The minimum absolute atomic E-state index is 0.470. The second-order valence-corrected chi connectivity index (χ2v) is 6.52. The highest BCUT2D eigenvalue weighted by Crippen LogP contribution is 2.23. The topological polar surface area (TPSA) is 61.9 Å². The maximum atomic E-state index is 12.4. The Morgan fingerprint density at radius 1 is 1.30 bits per heavy atom. The van der Waals surface area contributed by atoms with Gasteiger partial charge in [-0.05, 0) is 32.1 Å². The predicted octanol–water partition coefficient (Wildman–Crippen LogP) is 0.918. The van der Waals surface area contributed by atoms with Crippen LogP contribution in [-0.4, -0.2) is 54.1 Å². The maximum absolute atomic E-state index is 12.4. The van der Waals surface area contributed by atoms with Gasteiger partial charge in [0.15, 0.2) is 0 Å². The summed E-state index contributed by atoms with van der Waals surface area (Å²) in [7, 11) is 3.01. The minimum atomic E-state index is -3.51. The molecule has 7 heteroatoms. The fraction of sp³-hybridized carbons (Fsp3) is 0.538. The van der Waals surface area contributed by atoms with Crippen LogP contribution in [0.5, 0.6) is 5.75 Å². The van der Waals surface area contributed by atoms with Gasteiger partial charge in [0.2, 0.25) is 0 Å². The molecule has 20 heavy (non-hydrogen) atoms. The number of hydrogen-bond donors (Lipinski definition) is 1. The summed E-state index contributed by atoms with van der Waals surface area (Å²) in [5.41, 5.74) is 0.574. The van der Waals surface area contributed by atoms with Crippen LogP contribution in [0.2, 0.25) is 0 Å². The predicted molar refractivity (Wildman–Crippen MR) is 81.5 cm³/mol. The third-order valence-electron chi connectivity index (χ3n) is 3.06. The summed E-state index contributed by atoms with van der Waals surface area (Å²) in [6.07, 6.45) is 0.762. The van der Waals surface area contributed by atoms with Crippen LogP contribution >= 0.6 is 0 Å². The van der Waals surface area contributed by atoms with Gasteiger partial charge < -0.3 is 10.1 Å². The molecule has 1 N–H and O–H groups in total. The van der Waals surface area contributed by atoms with Crippen LogP contribution in [0, 0.1) is 0 Å². The van der Waals surface area contributed by atoms with Crippen molar-refractivity contribution in [3.05, 3.63) is 24.3 Å². The minimum Gasteiger partial charge on any atom is -0.497 e. The number of hydrogen-bond acceptors (Lipinski definition) is 4. The molecule has 0 bridgehead atoms. The molecule has 0 radical (unpaired) electrons. The Kier molecular flexibility index (Phi) is 6.25. The molecule has 0 aliphatic carbocycles. The molecular formula is C13H23N3O3S. The molecule has 0 atom stereocenters. The number of nitrogens with one attached hydrogen (secondary N) is 1. The van der Waals surface area contributed by atoms with Crippen molar-refractivity contribution in [2.24, 2.45) is 0 Å². The van der Waals surface area contributed by atoms with Crippen LogP contribution in [0.1, 0.15) is 6.42 Å². The summed E-state index contributed by atoms with van der Waals surface area (Å²) < 4.78 is 32.6. The highest BCUT2D eigenvalue weighted by atomic mass is 32.2. The largest absolute Gasteiger partial charge is 0.497 e. The van der Waals surface area contributed by atoms with E-state index in [0.29, 0.717) is 18.0 Å². The molecule has 6 nitrogen and oxygen atoms in total. The Morgan fingerprint density at radius 2 is 2.00 bits per heavy atom. The molecule has 1 rings (SSSR count). The Bertz CT molecular complexity index is 519. The first-order valence-electron chi connectivity index (χ1n) is 6.42. The van der Waals surface area contributed by atoms with Crippen LogP contribution in [0.25, 0.3) is 0 Å². The molecule has 0 fully saturated rings. The van der Waals surface area contributed by atoms with Gasteiger partial charge in [0, 0.05) is 26.7 Å². The first-order valence-corrected chi connectivity index (χ1v) is 7.82. The van der Waals surface area contributed by atoms with Crippen LogP contribution < -0.4 is 14.4 Å². The van der Waals surface area contributed by atoms with Crippen molar-refractivity contribution in [2.75, 3.05) is 45.6 Å². The van der Waals surface area contributed by atoms with E-state index < -0.39 is 10.2 Å². The molecule has 0 saturated heterocycles. The number of nitrogens with zero attached hydrogens (tertiary/aromatic N) is 2. The van der Waals surface area contributed by atoms with Crippen molar-refractivity contribution in [3.63, 3.8) is 0 Å². The van der Waals surface area contributed by atoms with E-state index >= 15 is 0 Å². The lowest BCUT2D eigenvalue weighted by atomic mass is 10.3. The molecule has 0 aromatic heterocycles. The highest BCUT2D eigenvalue weighted by molar-refractivity contribution is 7.90. The van der Waals surface area contributed by atoms with Crippen molar-refractivity contribution in [1.29, 1.82) is 0 Å². The molecule has 0 aliphatic rings. The SMILES string of the molecule is CNCCCN(C)S(=O)(=O)N(C)c1cccc(OC)c1. The average molecular weight is 301 g/mol. The standard InChI is InChI=1S/C13H23N3O3S/c1-14-9-6-10-15(2)20(17,18)16(3)12-7-5-8-13(11-12)19-4/h5,7-8,11,14H,6,9-10H2,1-4H3. The first kappa shape index (κ1) is 16.7. The summed E-state index contributed by atoms with van der Waals surface area (Å²) in [5, 5.41) is 3.00. The van der Waals surface area contributed by atoms with Gasteiger partial charge in [0.05, 0.1) is 12.8 Å². The fourth-order valence-electron chi connectivity index (χ4n) is 1.74. The molecule has 114 valence electrons. The van der Waals surface area contributed by atoms with E-state index in [1.54, 1.807) is 45.5 Å². The van der Waals surface area contributed by atoms with E-state index in [-0.39, 0.29) is 0 Å². The van der Waals surface area contributed by atoms with Gasteiger partial charge in [-0.2, -0.15) is 12.7 Å². The van der Waals surface area contributed by atoms with Crippen LogP contribution in [0.3, 0.4) is 0 Å². The summed E-state index contributed by atoms with van der Waals surface area (Å²) >= 11 is 0. The number of methoxy groups -OCH3 is 1. The van der Waals surface area contributed by atoms with Gasteiger partial charge in [0.25, 0.3) is 0 Å². The van der Waals surface area contributed by atoms with Gasteiger partial charge >= 0.3 is 10.2 Å². The Morgan fingerprint density at radius 3 is 2.60 bits per heavy atom. The second-order valence-electron chi connectivity index (χ2n) is 4.46. The first-order chi connectivity index (χ1) is 9.43. The lowest BCUT2D eigenvalue weighted by molar-refractivity contribution is 0.415. The lowest BCUT2D eigenvalue weighted by Crippen LogP contribution is -2.40. The van der Waals surface area contributed by atoms with Gasteiger partial charge in [-0.15, -0.1) is 0 Å². The summed E-state index contributed by atoms with van der Waals surface area (Å²) in [4.78, 5) is 0. The van der Waals surface area contributed by atoms with Crippen molar-refractivity contribution in [1.82, 2.24) is 9.62 Å². The van der Waals surface area contributed by atoms with Crippen molar-refractivity contribution < 1.29 is 13.2 Å². The summed E-state index contributed by atoms with van der Waals surface area (Å²) in [6, 6.07) is 6.97. The van der Waals surface area contributed by atoms with Crippen molar-refractivity contribution >= 4 is 15.9 Å². The number of benzene rings is 1. The monoisotopic (exact) mass is 301 g/mol. The smallest absolute Gasteiger partial charge is 0.303 e. The van der Waals surface area contributed by atoms with Crippen LogP contribution in [0.4, 0.5) is 5.69 Å². The van der Waals surface area contributed by atoms with Gasteiger partial charge in [-0.3, -0.25) is 4.31 Å². The van der Waals surface area contributed by atoms with Crippen LogP contribution in [0.15, 0.2) is 24.3 Å². The lowest BCUT2D eigenvalue weighted by Gasteiger charge is -2.26. The summed E-state index contributed by atoms with van der Waals surface area (Å²) in [6.45, 7) is 1.25. The van der Waals surface area contributed by atoms with E-state index in [1.807, 2.05) is 7.05 Å². The highest BCUT2D eigenvalue weighted by Gasteiger charge is 2.23. The summed E-state index contributed by atoms with van der Waals surface area (Å²) in [5.74, 6) is 0.627. The number of anilines is 1. The van der Waals surface area contributed by atoms with E-state index in [0.717, 1.165) is 13.0 Å². The van der Waals surface area contributed by atoms with E-state index in [4.69, 9.17) is 4.74 Å². The molecule has 0 saturated carbocycles. The molecule has 0 unspecified atom stereocenters. The van der Waals surface area contributed by atoms with Crippen LogP contribution in [-0.2, 0) is 10.2 Å². The van der Waals surface area contributed by atoms with Gasteiger partial charge in [-0.1, -0.05) is 6.07 Å². The molecule has 0 heterocycles. The second kappa shape index (κ2) is 7.47. The van der Waals surface area contributed by atoms with Gasteiger partial charge in [0.1, 0.15) is 5.75 Å². The molecule has 1 aromatic carbocycles. The third-order valence-corrected chi connectivity index (χ3v) is 4.93.